The van der Waals surface area contributed by atoms with Crippen LogP contribution in [0.1, 0.15) is 43.7 Å². The number of hydrogen-bond donors (Lipinski definition) is 2. The zero-order valence-corrected chi connectivity index (χ0v) is 19.8. The van der Waals surface area contributed by atoms with Crippen LogP contribution >= 0.6 is 23.1 Å². The fraction of sp³-hybridized carbons (Fsp3) is 0.292. The first kappa shape index (κ1) is 23.0. The Morgan fingerprint density at radius 1 is 1.06 bits per heavy atom. The summed E-state index contributed by atoms with van der Waals surface area (Å²) < 4.78 is 0. The highest BCUT2D eigenvalue weighted by Crippen LogP contribution is 2.37. The van der Waals surface area contributed by atoms with Crippen LogP contribution in [-0.2, 0) is 9.59 Å². The summed E-state index contributed by atoms with van der Waals surface area (Å²) in [6, 6.07) is 17.3. The fourth-order valence-corrected chi connectivity index (χ4v) is 4.73. The third kappa shape index (κ3) is 7.22. The van der Waals surface area contributed by atoms with Gasteiger partial charge in [-0.1, -0.05) is 57.2 Å². The molecular formula is C24H27N3O2S2. The van der Waals surface area contributed by atoms with E-state index in [1.807, 2.05) is 87.7 Å². The van der Waals surface area contributed by atoms with Crippen LogP contribution in [0.4, 0.5) is 10.8 Å². The number of rotatable bonds is 7. The largest absolute Gasteiger partial charge is 0.326 e. The Balaban J connectivity index is 1.78. The molecule has 1 unspecified atom stereocenters. The average molecular weight is 454 g/mol. The number of aryl methyl sites for hydroxylation is 1. The molecule has 0 aliphatic carbocycles. The SMILES string of the molecule is Cc1csc(NC(=O)C(Sc2cccc(NC(=O)CC(C)(C)C)c2)c2ccccc2)n1. The van der Waals surface area contributed by atoms with Crippen LogP contribution in [0.2, 0.25) is 0 Å². The zero-order valence-electron chi connectivity index (χ0n) is 18.1. The van der Waals surface area contributed by atoms with Gasteiger partial charge >= 0.3 is 0 Å². The number of hydrogen-bond acceptors (Lipinski definition) is 5. The van der Waals surface area contributed by atoms with Gasteiger partial charge in [-0.05, 0) is 36.1 Å². The van der Waals surface area contributed by atoms with Crippen LogP contribution in [0.15, 0.2) is 64.9 Å². The monoisotopic (exact) mass is 453 g/mol. The van der Waals surface area contributed by atoms with Crippen molar-refractivity contribution in [1.29, 1.82) is 0 Å². The van der Waals surface area contributed by atoms with Gasteiger partial charge in [0.05, 0.1) is 5.69 Å². The molecule has 0 aliphatic rings. The molecule has 0 radical (unpaired) electrons. The van der Waals surface area contributed by atoms with Gasteiger partial charge in [0.2, 0.25) is 11.8 Å². The smallest absolute Gasteiger partial charge is 0.244 e. The van der Waals surface area contributed by atoms with E-state index in [2.05, 4.69) is 15.6 Å². The molecule has 0 fully saturated rings. The summed E-state index contributed by atoms with van der Waals surface area (Å²) >= 11 is 2.85. The number of amides is 2. The molecule has 2 N–H and O–H groups in total. The molecule has 0 spiro atoms. The van der Waals surface area contributed by atoms with Crippen LogP contribution in [0.3, 0.4) is 0 Å². The predicted molar refractivity (Wildman–Crippen MR) is 130 cm³/mol. The quantitative estimate of drug-likeness (QED) is 0.412. The molecule has 1 aromatic heterocycles. The standard InChI is InChI=1S/C24H27N3O2S2/c1-16-15-30-23(25-16)27-22(29)21(17-9-6-5-7-10-17)31-19-12-8-11-18(13-19)26-20(28)14-24(2,3)4/h5-13,15,21H,14H2,1-4H3,(H,26,28)(H,25,27,29). The number of thiazole rings is 1. The second-order valence-electron chi connectivity index (χ2n) is 8.51. The predicted octanol–water partition coefficient (Wildman–Crippen LogP) is 6.30. The minimum atomic E-state index is -0.453. The molecular weight excluding hydrogens is 426 g/mol. The second-order valence-corrected chi connectivity index (χ2v) is 10.5. The van der Waals surface area contributed by atoms with E-state index in [0.29, 0.717) is 11.6 Å². The molecule has 1 heterocycles. The summed E-state index contributed by atoms with van der Waals surface area (Å²) in [7, 11) is 0. The van der Waals surface area contributed by atoms with Crippen molar-refractivity contribution in [2.75, 3.05) is 10.6 Å². The average Bonchev–Trinajstić information content (AvgIpc) is 3.10. The number of carbonyl (C=O) groups is 2. The van der Waals surface area contributed by atoms with Gasteiger partial charge in [-0.15, -0.1) is 23.1 Å². The van der Waals surface area contributed by atoms with Gasteiger partial charge in [-0.3, -0.25) is 9.59 Å². The summed E-state index contributed by atoms with van der Waals surface area (Å²) in [6.07, 6.45) is 0.437. The molecule has 3 aromatic rings. The first-order valence-corrected chi connectivity index (χ1v) is 11.8. The van der Waals surface area contributed by atoms with Crippen molar-refractivity contribution in [3.8, 4) is 0 Å². The normalized spacial score (nSPS) is 12.3. The lowest BCUT2D eigenvalue weighted by atomic mass is 9.92. The lowest BCUT2D eigenvalue weighted by Crippen LogP contribution is -2.20. The second kappa shape index (κ2) is 10.1. The molecule has 2 aromatic carbocycles. The minimum Gasteiger partial charge on any atom is -0.326 e. The van der Waals surface area contributed by atoms with Gasteiger partial charge in [-0.25, -0.2) is 4.98 Å². The van der Waals surface area contributed by atoms with E-state index >= 15 is 0 Å². The number of nitrogens with zero attached hydrogens (tertiary/aromatic N) is 1. The van der Waals surface area contributed by atoms with E-state index in [1.54, 1.807) is 0 Å². The molecule has 1 atom stereocenters. The Morgan fingerprint density at radius 2 is 1.81 bits per heavy atom. The third-order valence-electron chi connectivity index (χ3n) is 4.25. The summed E-state index contributed by atoms with van der Waals surface area (Å²) in [4.78, 5) is 30.7. The van der Waals surface area contributed by atoms with E-state index in [0.717, 1.165) is 21.8 Å². The maximum absolute atomic E-state index is 13.1. The van der Waals surface area contributed by atoms with Crippen molar-refractivity contribution in [3.63, 3.8) is 0 Å². The minimum absolute atomic E-state index is 0.0221. The Bertz CT molecular complexity index is 1040. The van der Waals surface area contributed by atoms with Crippen molar-refractivity contribution in [1.82, 2.24) is 4.98 Å². The van der Waals surface area contributed by atoms with Crippen molar-refractivity contribution < 1.29 is 9.59 Å². The molecule has 162 valence electrons. The van der Waals surface area contributed by atoms with E-state index in [1.165, 1.54) is 23.1 Å². The van der Waals surface area contributed by atoms with Crippen molar-refractivity contribution in [2.45, 2.75) is 44.3 Å². The first-order chi connectivity index (χ1) is 14.7. The van der Waals surface area contributed by atoms with E-state index in [9.17, 15) is 9.59 Å². The lowest BCUT2D eigenvalue weighted by molar-refractivity contribution is -0.118. The number of benzene rings is 2. The number of thioether (sulfide) groups is 1. The van der Waals surface area contributed by atoms with E-state index < -0.39 is 5.25 Å². The van der Waals surface area contributed by atoms with E-state index in [-0.39, 0.29) is 17.2 Å². The highest BCUT2D eigenvalue weighted by atomic mass is 32.2. The zero-order chi connectivity index (χ0) is 22.4. The van der Waals surface area contributed by atoms with E-state index in [4.69, 9.17) is 0 Å². The molecule has 0 saturated heterocycles. The van der Waals surface area contributed by atoms with Gasteiger partial charge in [0.15, 0.2) is 5.13 Å². The maximum atomic E-state index is 13.1. The molecule has 31 heavy (non-hydrogen) atoms. The Labute approximate surface area is 191 Å². The van der Waals surface area contributed by atoms with Crippen LogP contribution in [0.5, 0.6) is 0 Å². The molecule has 7 heteroatoms. The van der Waals surface area contributed by atoms with Gasteiger partial charge in [-0.2, -0.15) is 0 Å². The highest BCUT2D eigenvalue weighted by molar-refractivity contribution is 8.00. The van der Waals surface area contributed by atoms with Crippen LogP contribution in [0, 0.1) is 12.3 Å². The molecule has 5 nitrogen and oxygen atoms in total. The number of anilines is 2. The van der Waals surface area contributed by atoms with Crippen LogP contribution in [0.25, 0.3) is 0 Å². The van der Waals surface area contributed by atoms with Crippen molar-refractivity contribution in [3.05, 3.63) is 71.2 Å². The topological polar surface area (TPSA) is 71.1 Å². The van der Waals surface area contributed by atoms with Crippen molar-refractivity contribution >= 4 is 45.7 Å². The first-order valence-electron chi connectivity index (χ1n) is 10.0. The van der Waals surface area contributed by atoms with Gasteiger partial charge in [0, 0.05) is 22.4 Å². The Morgan fingerprint density at radius 3 is 2.45 bits per heavy atom. The Hall–Kier alpha value is -2.64. The molecule has 0 saturated carbocycles. The number of aromatic nitrogens is 1. The number of carbonyl (C=O) groups excluding carboxylic acids is 2. The summed E-state index contributed by atoms with van der Waals surface area (Å²) in [5.41, 5.74) is 2.42. The van der Waals surface area contributed by atoms with Crippen LogP contribution < -0.4 is 10.6 Å². The Kier molecular flexibility index (Phi) is 7.51. The van der Waals surface area contributed by atoms with Gasteiger partial charge < -0.3 is 10.6 Å². The molecule has 0 bridgehead atoms. The highest BCUT2D eigenvalue weighted by Gasteiger charge is 2.23. The molecule has 0 aliphatic heterocycles. The van der Waals surface area contributed by atoms with Gasteiger partial charge in [0.1, 0.15) is 5.25 Å². The third-order valence-corrected chi connectivity index (χ3v) is 6.38. The lowest BCUT2D eigenvalue weighted by Gasteiger charge is -2.18. The summed E-state index contributed by atoms with van der Waals surface area (Å²) in [5, 5.41) is 7.94. The molecule has 3 rings (SSSR count). The summed E-state index contributed by atoms with van der Waals surface area (Å²) in [5.74, 6) is -0.154. The fourth-order valence-electron chi connectivity index (χ4n) is 2.95. The summed E-state index contributed by atoms with van der Waals surface area (Å²) in [6.45, 7) is 8.00. The van der Waals surface area contributed by atoms with Crippen molar-refractivity contribution in [2.24, 2.45) is 5.41 Å². The maximum Gasteiger partial charge on any atom is 0.244 e. The number of nitrogens with one attached hydrogen (secondary N) is 2. The molecule has 2 amide bonds. The van der Waals surface area contributed by atoms with Gasteiger partial charge in [0.25, 0.3) is 0 Å². The van der Waals surface area contributed by atoms with Crippen LogP contribution in [-0.4, -0.2) is 16.8 Å².